The summed E-state index contributed by atoms with van der Waals surface area (Å²) < 4.78 is 42.8. The van der Waals surface area contributed by atoms with Crippen LogP contribution in [0.1, 0.15) is 29.8 Å². The molecule has 0 spiro atoms. The summed E-state index contributed by atoms with van der Waals surface area (Å²) >= 11 is 0. The van der Waals surface area contributed by atoms with Crippen molar-refractivity contribution in [2.24, 2.45) is 5.92 Å². The van der Waals surface area contributed by atoms with Crippen LogP contribution in [0.4, 0.5) is 19.0 Å². The highest BCUT2D eigenvalue weighted by atomic mass is 19.4. The zero-order chi connectivity index (χ0) is 21.4. The second-order valence-corrected chi connectivity index (χ2v) is 6.62. The van der Waals surface area contributed by atoms with Crippen LogP contribution in [0.15, 0.2) is 42.6 Å². The number of anilines is 1. The Morgan fingerprint density at radius 3 is 2.62 bits per heavy atom. The number of ether oxygens (including phenoxy) is 1. The van der Waals surface area contributed by atoms with Crippen LogP contribution in [-0.2, 0) is 11.2 Å². The molecule has 1 aromatic heterocycles. The summed E-state index contributed by atoms with van der Waals surface area (Å²) in [7, 11) is 0. The Labute approximate surface area is 166 Å². The van der Waals surface area contributed by atoms with E-state index in [0.717, 1.165) is 0 Å². The van der Waals surface area contributed by atoms with E-state index in [1.165, 1.54) is 36.5 Å². The lowest BCUT2D eigenvalue weighted by molar-refractivity contribution is -0.127. The van der Waals surface area contributed by atoms with Crippen molar-refractivity contribution in [1.82, 2.24) is 10.3 Å². The maximum Gasteiger partial charge on any atom is 0.393 e. The van der Waals surface area contributed by atoms with Gasteiger partial charge in [0.05, 0.1) is 13.0 Å². The first-order chi connectivity index (χ1) is 13.6. The average Bonchev–Trinajstić information content (AvgIpc) is 2.64. The lowest BCUT2D eigenvalue weighted by atomic mass is 10.1. The first-order valence-corrected chi connectivity index (χ1v) is 8.97. The van der Waals surface area contributed by atoms with E-state index in [2.05, 4.69) is 15.6 Å². The molecular formula is C20H22F3N3O3. The number of carbonyl (C=O) groups excluding carboxylic acids is 2. The van der Waals surface area contributed by atoms with Crippen LogP contribution in [0, 0.1) is 5.92 Å². The van der Waals surface area contributed by atoms with Crippen molar-refractivity contribution in [3.63, 3.8) is 0 Å². The van der Waals surface area contributed by atoms with Crippen LogP contribution in [-0.4, -0.2) is 36.1 Å². The van der Waals surface area contributed by atoms with Gasteiger partial charge in [-0.2, -0.15) is 13.2 Å². The molecule has 0 unspecified atom stereocenters. The van der Waals surface area contributed by atoms with Crippen LogP contribution in [0.25, 0.3) is 0 Å². The minimum Gasteiger partial charge on any atom is -0.492 e. The third kappa shape index (κ3) is 7.81. The van der Waals surface area contributed by atoms with Crippen LogP contribution in [0.5, 0.6) is 5.75 Å². The molecule has 0 saturated heterocycles. The van der Waals surface area contributed by atoms with Crippen LogP contribution in [0.2, 0.25) is 0 Å². The molecule has 2 aromatic rings. The number of alkyl halides is 3. The molecule has 9 heteroatoms. The van der Waals surface area contributed by atoms with Crippen molar-refractivity contribution in [3.8, 4) is 5.75 Å². The lowest BCUT2D eigenvalue weighted by Gasteiger charge is -2.11. The number of aromatic nitrogens is 1. The van der Waals surface area contributed by atoms with Crippen LogP contribution in [0.3, 0.4) is 0 Å². The highest BCUT2D eigenvalue weighted by molar-refractivity contribution is 5.96. The first-order valence-electron chi connectivity index (χ1n) is 8.97. The van der Waals surface area contributed by atoms with Gasteiger partial charge in [-0.05, 0) is 29.8 Å². The van der Waals surface area contributed by atoms with E-state index in [1.54, 1.807) is 19.9 Å². The zero-order valence-electron chi connectivity index (χ0n) is 16.0. The lowest BCUT2D eigenvalue weighted by Crippen LogP contribution is -2.28. The number of nitrogens with one attached hydrogen (secondary N) is 2. The third-order valence-electron chi connectivity index (χ3n) is 3.76. The Balaban J connectivity index is 1.83. The highest BCUT2D eigenvalue weighted by Gasteiger charge is 2.27. The van der Waals surface area contributed by atoms with Crippen molar-refractivity contribution >= 4 is 17.6 Å². The van der Waals surface area contributed by atoms with Gasteiger partial charge < -0.3 is 15.4 Å². The van der Waals surface area contributed by atoms with E-state index in [-0.39, 0.29) is 42.3 Å². The third-order valence-corrected chi connectivity index (χ3v) is 3.76. The summed E-state index contributed by atoms with van der Waals surface area (Å²) in [5, 5.41) is 5.25. The molecule has 29 heavy (non-hydrogen) atoms. The Hall–Kier alpha value is -3.10. The molecule has 2 amide bonds. The van der Waals surface area contributed by atoms with Crippen molar-refractivity contribution in [2.75, 3.05) is 18.5 Å². The van der Waals surface area contributed by atoms with E-state index in [0.29, 0.717) is 11.3 Å². The highest BCUT2D eigenvalue weighted by Crippen LogP contribution is 2.23. The predicted molar refractivity (Wildman–Crippen MR) is 102 cm³/mol. The number of nitrogens with zero attached hydrogens (tertiary/aromatic N) is 1. The molecule has 1 aromatic carbocycles. The minimum atomic E-state index is -4.29. The monoisotopic (exact) mass is 409 g/mol. The number of hydrogen-bond acceptors (Lipinski definition) is 4. The smallest absolute Gasteiger partial charge is 0.393 e. The molecule has 0 atom stereocenters. The van der Waals surface area contributed by atoms with Gasteiger partial charge in [-0.1, -0.05) is 26.0 Å². The van der Waals surface area contributed by atoms with Gasteiger partial charge in [0, 0.05) is 17.7 Å². The average molecular weight is 409 g/mol. The summed E-state index contributed by atoms with van der Waals surface area (Å²) in [6.07, 6.45) is -3.91. The number of benzene rings is 1. The number of halogens is 3. The topological polar surface area (TPSA) is 80.3 Å². The summed E-state index contributed by atoms with van der Waals surface area (Å²) in [6.45, 7) is 3.72. The van der Waals surface area contributed by atoms with E-state index in [1.807, 2.05) is 0 Å². The van der Waals surface area contributed by atoms with Gasteiger partial charge in [0.15, 0.2) is 0 Å². The van der Waals surface area contributed by atoms with Gasteiger partial charge >= 0.3 is 6.18 Å². The molecule has 0 radical (unpaired) electrons. The van der Waals surface area contributed by atoms with Crippen LogP contribution >= 0.6 is 0 Å². The molecule has 0 saturated carbocycles. The molecular weight excluding hydrogens is 387 g/mol. The molecule has 2 rings (SSSR count). The largest absolute Gasteiger partial charge is 0.492 e. The Kier molecular flexibility index (Phi) is 7.58. The summed E-state index contributed by atoms with van der Waals surface area (Å²) in [4.78, 5) is 27.9. The number of rotatable bonds is 8. The Morgan fingerprint density at radius 2 is 1.93 bits per heavy atom. The quantitative estimate of drug-likeness (QED) is 0.653. The maximum atomic E-state index is 12.5. The fourth-order valence-corrected chi connectivity index (χ4v) is 2.32. The fourth-order valence-electron chi connectivity index (χ4n) is 2.32. The van der Waals surface area contributed by atoms with Gasteiger partial charge in [-0.25, -0.2) is 4.98 Å². The normalized spacial score (nSPS) is 11.2. The second kappa shape index (κ2) is 9.90. The van der Waals surface area contributed by atoms with Gasteiger partial charge in [-0.3, -0.25) is 9.59 Å². The predicted octanol–water partition coefficient (Wildman–Crippen LogP) is 3.59. The fraction of sp³-hybridized carbons (Fsp3) is 0.350. The van der Waals surface area contributed by atoms with E-state index < -0.39 is 12.6 Å². The van der Waals surface area contributed by atoms with Crippen LogP contribution < -0.4 is 15.4 Å². The molecule has 1 heterocycles. The minimum absolute atomic E-state index is 0.0865. The summed E-state index contributed by atoms with van der Waals surface area (Å²) in [5.74, 6) is -0.253. The standard InChI is InChI=1S/C20H22F3N3O3/c1-13(2)18(27)26-17-11-15(6-7-24-17)19(28)25-8-9-29-16-5-3-4-14(10-16)12-20(21,22)23/h3-7,10-11,13H,8-9,12H2,1-2H3,(H,25,28)(H,24,26,27). The molecule has 0 aliphatic heterocycles. The first kappa shape index (κ1) is 22.2. The number of carbonyl (C=O) groups is 2. The molecule has 156 valence electrons. The molecule has 0 aliphatic rings. The van der Waals surface area contributed by atoms with E-state index in [4.69, 9.17) is 4.74 Å². The second-order valence-electron chi connectivity index (χ2n) is 6.62. The molecule has 6 nitrogen and oxygen atoms in total. The van der Waals surface area contributed by atoms with Crippen molar-refractivity contribution in [1.29, 1.82) is 0 Å². The number of hydrogen-bond donors (Lipinski definition) is 2. The molecule has 2 N–H and O–H groups in total. The number of pyridine rings is 1. The van der Waals surface area contributed by atoms with Gasteiger partial charge in [0.25, 0.3) is 5.91 Å². The van der Waals surface area contributed by atoms with E-state index >= 15 is 0 Å². The molecule has 0 bridgehead atoms. The Morgan fingerprint density at radius 1 is 1.17 bits per heavy atom. The summed E-state index contributed by atoms with van der Waals surface area (Å²) in [5.41, 5.74) is 0.415. The maximum absolute atomic E-state index is 12.5. The SMILES string of the molecule is CC(C)C(=O)Nc1cc(C(=O)NCCOc2cccc(CC(F)(F)F)c2)ccn1. The number of amides is 2. The van der Waals surface area contributed by atoms with Crippen molar-refractivity contribution in [2.45, 2.75) is 26.4 Å². The van der Waals surface area contributed by atoms with Crippen molar-refractivity contribution < 1.29 is 27.5 Å². The van der Waals surface area contributed by atoms with Crippen molar-refractivity contribution in [3.05, 3.63) is 53.7 Å². The van der Waals surface area contributed by atoms with Gasteiger partial charge in [0.1, 0.15) is 18.2 Å². The summed E-state index contributed by atoms with van der Waals surface area (Å²) in [6, 6.07) is 8.69. The Bertz CT molecular complexity index is 854. The molecule has 0 fully saturated rings. The van der Waals surface area contributed by atoms with Gasteiger partial charge in [-0.15, -0.1) is 0 Å². The van der Waals surface area contributed by atoms with E-state index in [9.17, 15) is 22.8 Å². The molecule has 0 aliphatic carbocycles. The zero-order valence-corrected chi connectivity index (χ0v) is 16.0. The van der Waals surface area contributed by atoms with Gasteiger partial charge in [0.2, 0.25) is 5.91 Å².